The van der Waals surface area contributed by atoms with Crippen LogP contribution < -0.4 is 10.6 Å². The normalized spacial score (nSPS) is 20.0. The first kappa shape index (κ1) is 13.9. The molecule has 1 heterocycles. The van der Waals surface area contributed by atoms with Gasteiger partial charge in [-0.25, -0.2) is 0 Å². The van der Waals surface area contributed by atoms with Crippen LogP contribution in [-0.4, -0.2) is 43.5 Å². The van der Waals surface area contributed by atoms with Gasteiger partial charge in [0.1, 0.15) is 6.04 Å². The molecule has 2 rings (SSSR count). The van der Waals surface area contributed by atoms with Gasteiger partial charge in [0.15, 0.2) is 0 Å². The highest BCUT2D eigenvalue weighted by Gasteiger charge is 2.33. The van der Waals surface area contributed by atoms with Crippen molar-refractivity contribution in [3.05, 3.63) is 29.3 Å². The number of piperazine rings is 1. The Hall–Kier alpha value is -1.55. The molecule has 1 aromatic rings. The van der Waals surface area contributed by atoms with Crippen LogP contribution in [0.5, 0.6) is 0 Å². The van der Waals surface area contributed by atoms with Gasteiger partial charge in [-0.2, -0.15) is 0 Å². The number of hydrogen-bond acceptors (Lipinski definition) is 3. The second-order valence-electron chi connectivity index (χ2n) is 5.27. The Morgan fingerprint density at radius 2 is 2.05 bits per heavy atom. The molecular formula is C15H23N3O. The van der Waals surface area contributed by atoms with Crippen molar-refractivity contribution in [1.82, 2.24) is 4.90 Å². The molecule has 0 aliphatic carbocycles. The van der Waals surface area contributed by atoms with Crippen molar-refractivity contribution in [2.45, 2.75) is 26.3 Å². The van der Waals surface area contributed by atoms with Crippen LogP contribution >= 0.6 is 0 Å². The number of likely N-dealkylation sites (N-methyl/N-ethyl adjacent to an activating group) is 1. The fraction of sp³-hybridized carbons (Fsp3) is 0.533. The summed E-state index contributed by atoms with van der Waals surface area (Å²) < 4.78 is 0. The monoisotopic (exact) mass is 261 g/mol. The van der Waals surface area contributed by atoms with Gasteiger partial charge in [0.25, 0.3) is 0 Å². The maximum absolute atomic E-state index is 12.3. The second kappa shape index (κ2) is 5.61. The van der Waals surface area contributed by atoms with E-state index in [2.05, 4.69) is 36.9 Å². The first-order valence-corrected chi connectivity index (χ1v) is 6.84. The molecule has 4 nitrogen and oxygen atoms in total. The fourth-order valence-electron chi connectivity index (χ4n) is 2.68. The van der Waals surface area contributed by atoms with E-state index in [-0.39, 0.29) is 11.9 Å². The third-order valence-corrected chi connectivity index (χ3v) is 4.04. The molecule has 1 aliphatic rings. The lowest BCUT2D eigenvalue weighted by molar-refractivity contribution is -0.133. The number of benzene rings is 1. The van der Waals surface area contributed by atoms with Crippen molar-refractivity contribution in [2.24, 2.45) is 5.73 Å². The number of nitrogens with zero attached hydrogens (tertiary/aromatic N) is 2. The molecule has 1 fully saturated rings. The van der Waals surface area contributed by atoms with Crippen LogP contribution in [0, 0.1) is 13.8 Å². The standard InChI is InChI=1S/C15H23N3O/c1-11-5-4-6-13(12(11)2)18-10-9-17(3)15(19)14(18)7-8-16/h4-6,14H,7-10,16H2,1-3H3. The van der Waals surface area contributed by atoms with Crippen LogP contribution in [0.2, 0.25) is 0 Å². The zero-order chi connectivity index (χ0) is 14.0. The minimum Gasteiger partial charge on any atom is -0.357 e. The Morgan fingerprint density at radius 1 is 1.32 bits per heavy atom. The lowest BCUT2D eigenvalue weighted by atomic mass is 10.0. The van der Waals surface area contributed by atoms with Gasteiger partial charge in [-0.05, 0) is 44.0 Å². The molecule has 0 saturated carbocycles. The molecule has 0 spiro atoms. The molecule has 1 amide bonds. The molecule has 0 radical (unpaired) electrons. The summed E-state index contributed by atoms with van der Waals surface area (Å²) >= 11 is 0. The van der Waals surface area contributed by atoms with Crippen LogP contribution in [-0.2, 0) is 4.79 Å². The van der Waals surface area contributed by atoms with Crippen molar-refractivity contribution in [2.75, 3.05) is 31.6 Å². The highest BCUT2D eigenvalue weighted by Crippen LogP contribution is 2.27. The van der Waals surface area contributed by atoms with E-state index in [9.17, 15) is 4.79 Å². The predicted octanol–water partition coefficient (Wildman–Crippen LogP) is 1.30. The van der Waals surface area contributed by atoms with Crippen LogP contribution in [0.15, 0.2) is 18.2 Å². The van der Waals surface area contributed by atoms with Gasteiger partial charge in [0.05, 0.1) is 0 Å². The molecule has 104 valence electrons. The zero-order valence-corrected chi connectivity index (χ0v) is 12.0. The molecule has 0 bridgehead atoms. The highest BCUT2D eigenvalue weighted by atomic mass is 16.2. The van der Waals surface area contributed by atoms with E-state index in [0.717, 1.165) is 13.1 Å². The largest absolute Gasteiger partial charge is 0.357 e. The summed E-state index contributed by atoms with van der Waals surface area (Å²) in [6.07, 6.45) is 0.705. The number of rotatable bonds is 3. The van der Waals surface area contributed by atoms with E-state index in [1.807, 2.05) is 11.9 Å². The van der Waals surface area contributed by atoms with E-state index in [4.69, 9.17) is 5.73 Å². The lowest BCUT2D eigenvalue weighted by Gasteiger charge is -2.41. The Kier molecular flexibility index (Phi) is 4.10. The smallest absolute Gasteiger partial charge is 0.245 e. The molecule has 1 saturated heterocycles. The van der Waals surface area contributed by atoms with Crippen LogP contribution in [0.4, 0.5) is 5.69 Å². The molecule has 1 aliphatic heterocycles. The van der Waals surface area contributed by atoms with Crippen LogP contribution in [0.3, 0.4) is 0 Å². The number of anilines is 1. The van der Waals surface area contributed by atoms with E-state index >= 15 is 0 Å². The van der Waals surface area contributed by atoms with E-state index < -0.39 is 0 Å². The first-order chi connectivity index (χ1) is 9.06. The molecule has 1 atom stereocenters. The van der Waals surface area contributed by atoms with Gasteiger partial charge in [-0.1, -0.05) is 12.1 Å². The predicted molar refractivity (Wildman–Crippen MR) is 78.4 cm³/mol. The Bertz CT molecular complexity index is 472. The SMILES string of the molecule is Cc1cccc(N2CCN(C)C(=O)C2CCN)c1C. The number of hydrogen-bond donors (Lipinski definition) is 1. The first-order valence-electron chi connectivity index (χ1n) is 6.84. The number of carbonyl (C=O) groups excluding carboxylic acids is 1. The number of carbonyl (C=O) groups is 1. The summed E-state index contributed by atoms with van der Waals surface area (Å²) in [6, 6.07) is 6.14. The van der Waals surface area contributed by atoms with Crippen molar-refractivity contribution in [1.29, 1.82) is 0 Å². The molecule has 0 aromatic heterocycles. The van der Waals surface area contributed by atoms with Gasteiger partial charge < -0.3 is 15.5 Å². The molecule has 19 heavy (non-hydrogen) atoms. The minimum absolute atomic E-state index is 0.121. The van der Waals surface area contributed by atoms with Crippen LogP contribution in [0.25, 0.3) is 0 Å². The topological polar surface area (TPSA) is 49.6 Å². The van der Waals surface area contributed by atoms with Crippen molar-refractivity contribution >= 4 is 11.6 Å². The van der Waals surface area contributed by atoms with Gasteiger partial charge in [0, 0.05) is 25.8 Å². The van der Waals surface area contributed by atoms with E-state index in [1.165, 1.54) is 16.8 Å². The van der Waals surface area contributed by atoms with Crippen LogP contribution in [0.1, 0.15) is 17.5 Å². The van der Waals surface area contributed by atoms with E-state index in [1.54, 1.807) is 0 Å². The maximum atomic E-state index is 12.3. The van der Waals surface area contributed by atoms with Gasteiger partial charge in [-0.15, -0.1) is 0 Å². The third-order valence-electron chi connectivity index (χ3n) is 4.04. The second-order valence-corrected chi connectivity index (χ2v) is 5.27. The number of amides is 1. The summed E-state index contributed by atoms with van der Waals surface area (Å²) in [5.74, 6) is 0.178. The molecule has 1 aromatic carbocycles. The van der Waals surface area contributed by atoms with Crippen molar-refractivity contribution in [3.8, 4) is 0 Å². The fourth-order valence-corrected chi connectivity index (χ4v) is 2.68. The summed E-state index contributed by atoms with van der Waals surface area (Å²) in [6.45, 7) is 6.40. The quantitative estimate of drug-likeness (QED) is 0.892. The van der Waals surface area contributed by atoms with E-state index in [0.29, 0.717) is 13.0 Å². The van der Waals surface area contributed by atoms with Crippen molar-refractivity contribution in [3.63, 3.8) is 0 Å². The molecule has 2 N–H and O–H groups in total. The molecule has 4 heteroatoms. The average molecular weight is 261 g/mol. The van der Waals surface area contributed by atoms with Gasteiger partial charge >= 0.3 is 0 Å². The Morgan fingerprint density at radius 3 is 2.74 bits per heavy atom. The minimum atomic E-state index is -0.121. The van der Waals surface area contributed by atoms with Crippen molar-refractivity contribution < 1.29 is 4.79 Å². The Labute approximate surface area is 115 Å². The zero-order valence-electron chi connectivity index (χ0n) is 12.0. The Balaban J connectivity index is 2.35. The summed E-state index contributed by atoms with van der Waals surface area (Å²) in [4.78, 5) is 16.4. The molecule has 1 unspecified atom stereocenters. The third kappa shape index (κ3) is 2.59. The highest BCUT2D eigenvalue weighted by molar-refractivity contribution is 5.86. The maximum Gasteiger partial charge on any atom is 0.245 e. The average Bonchev–Trinajstić information content (AvgIpc) is 2.39. The van der Waals surface area contributed by atoms with Gasteiger partial charge in [-0.3, -0.25) is 4.79 Å². The summed E-state index contributed by atoms with van der Waals surface area (Å²) in [7, 11) is 1.87. The number of nitrogens with two attached hydrogens (primary N) is 1. The molecular weight excluding hydrogens is 238 g/mol. The summed E-state index contributed by atoms with van der Waals surface area (Å²) in [5, 5.41) is 0. The lowest BCUT2D eigenvalue weighted by Crippen LogP contribution is -2.56. The number of aryl methyl sites for hydroxylation is 1. The summed E-state index contributed by atoms with van der Waals surface area (Å²) in [5.41, 5.74) is 9.36. The van der Waals surface area contributed by atoms with Gasteiger partial charge in [0.2, 0.25) is 5.91 Å².